The molecule has 11 heteroatoms. The summed E-state index contributed by atoms with van der Waals surface area (Å²) in [6.45, 7) is 8.63. The molecule has 1 fully saturated rings. The molecule has 0 saturated carbocycles. The summed E-state index contributed by atoms with van der Waals surface area (Å²) in [6, 6.07) is 0. The minimum absolute atomic E-state index is 0.154. The lowest BCUT2D eigenvalue weighted by atomic mass is 9.94. The van der Waals surface area contributed by atoms with Gasteiger partial charge < -0.3 is 49.5 Å². The molecule has 1 saturated heterocycles. The second-order valence-electron chi connectivity index (χ2n) is 10.6. The SMILES string of the molecule is COc1[nH]c(C/C=C(\C)C/C=C/C(C)=C/C(C)C(OC2OC(CO)C(O)C(O)C2O)/C(C)=C/CO)c(C)c(=O)c1OC. The van der Waals surface area contributed by atoms with Gasteiger partial charge >= 0.3 is 0 Å². The van der Waals surface area contributed by atoms with Crippen molar-refractivity contribution in [2.75, 3.05) is 27.4 Å². The number of hydrogen-bond donors (Lipinski definition) is 6. The van der Waals surface area contributed by atoms with Gasteiger partial charge in [0.05, 0.1) is 33.5 Å². The summed E-state index contributed by atoms with van der Waals surface area (Å²) in [6.07, 6.45) is 3.27. The van der Waals surface area contributed by atoms with Gasteiger partial charge in [-0.2, -0.15) is 0 Å². The number of H-pyrrole nitrogens is 1. The van der Waals surface area contributed by atoms with Crippen molar-refractivity contribution in [3.05, 3.63) is 68.6 Å². The van der Waals surface area contributed by atoms with Gasteiger partial charge in [0.15, 0.2) is 6.29 Å². The molecule has 0 bridgehead atoms. The van der Waals surface area contributed by atoms with Crippen molar-refractivity contribution in [2.45, 2.75) is 84.3 Å². The Morgan fingerprint density at radius 3 is 2.33 bits per heavy atom. The molecule has 7 unspecified atom stereocenters. The average molecular weight is 594 g/mol. The van der Waals surface area contributed by atoms with Crippen LogP contribution in [0.3, 0.4) is 0 Å². The molecule has 6 N–H and O–H groups in total. The molecule has 0 radical (unpaired) electrons. The van der Waals surface area contributed by atoms with Crippen molar-refractivity contribution in [2.24, 2.45) is 5.92 Å². The molecule has 1 aliphatic rings. The number of allylic oxidation sites excluding steroid dienone is 5. The van der Waals surface area contributed by atoms with Gasteiger partial charge in [-0.3, -0.25) is 4.79 Å². The first-order valence-corrected chi connectivity index (χ1v) is 14.0. The van der Waals surface area contributed by atoms with E-state index in [1.54, 1.807) is 19.9 Å². The van der Waals surface area contributed by atoms with Crippen molar-refractivity contribution >= 4 is 0 Å². The van der Waals surface area contributed by atoms with Crippen molar-refractivity contribution in [1.82, 2.24) is 4.98 Å². The molecule has 0 aromatic carbocycles. The standard InChI is InChI=1S/C31H47NO10/c1-17(11-12-22-21(5)24(35)29(39-6)30(32-22)40-7)9-8-10-18(2)15-20(4)28(19(3)13-14-33)42-31-27(38)26(37)25(36)23(16-34)41-31/h8,10-11,13,15,20,23,25-28,31,33-34,36-38H,9,12,14,16H2,1-7H3,(H,32,35)/b10-8+,17-11+,18-15+,19-13+. The first-order chi connectivity index (χ1) is 19.9. The number of aromatic nitrogens is 1. The number of aliphatic hydroxyl groups is 5. The molecule has 7 atom stereocenters. The highest BCUT2D eigenvalue weighted by atomic mass is 16.7. The zero-order chi connectivity index (χ0) is 31.6. The maximum Gasteiger partial charge on any atom is 0.238 e. The van der Waals surface area contributed by atoms with E-state index in [-0.39, 0.29) is 23.7 Å². The number of methoxy groups -OCH3 is 2. The zero-order valence-corrected chi connectivity index (χ0v) is 25.5. The number of aliphatic hydroxyl groups excluding tert-OH is 5. The molecular formula is C31H47NO10. The normalized spacial score (nSPS) is 25.5. The van der Waals surface area contributed by atoms with Gasteiger partial charge in [-0.05, 0) is 39.7 Å². The predicted octanol–water partition coefficient (Wildman–Crippen LogP) is 1.84. The quantitative estimate of drug-likeness (QED) is 0.138. The van der Waals surface area contributed by atoms with Crippen LogP contribution in [0.5, 0.6) is 11.6 Å². The van der Waals surface area contributed by atoms with Crippen molar-refractivity contribution in [3.8, 4) is 11.6 Å². The van der Waals surface area contributed by atoms with Gasteiger partial charge in [-0.15, -0.1) is 0 Å². The molecule has 0 spiro atoms. The van der Waals surface area contributed by atoms with E-state index in [0.717, 1.165) is 16.8 Å². The number of aromatic amines is 1. The fourth-order valence-corrected chi connectivity index (χ4v) is 4.81. The van der Waals surface area contributed by atoms with E-state index >= 15 is 0 Å². The van der Waals surface area contributed by atoms with Crippen molar-refractivity contribution in [3.63, 3.8) is 0 Å². The first kappa shape index (κ1) is 35.4. The second-order valence-corrected chi connectivity index (χ2v) is 10.6. The Bertz CT molecular complexity index is 1200. The summed E-state index contributed by atoms with van der Waals surface area (Å²) in [4.78, 5) is 15.7. The third-order valence-electron chi connectivity index (χ3n) is 7.35. The maximum atomic E-state index is 12.6. The lowest BCUT2D eigenvalue weighted by molar-refractivity contribution is -0.310. The highest BCUT2D eigenvalue weighted by molar-refractivity contribution is 5.40. The van der Waals surface area contributed by atoms with Crippen LogP contribution < -0.4 is 14.9 Å². The van der Waals surface area contributed by atoms with E-state index in [9.17, 15) is 30.3 Å². The first-order valence-electron chi connectivity index (χ1n) is 14.0. The van der Waals surface area contributed by atoms with Crippen molar-refractivity contribution in [1.29, 1.82) is 0 Å². The van der Waals surface area contributed by atoms with E-state index in [1.807, 2.05) is 45.1 Å². The molecule has 0 aliphatic carbocycles. The summed E-state index contributed by atoms with van der Waals surface area (Å²) < 4.78 is 22.0. The Hall–Kier alpha value is -2.77. The molecule has 1 aromatic heterocycles. The van der Waals surface area contributed by atoms with Crippen LogP contribution >= 0.6 is 0 Å². The summed E-state index contributed by atoms with van der Waals surface area (Å²) >= 11 is 0. The van der Waals surface area contributed by atoms with Crippen LogP contribution in [0.15, 0.2) is 51.9 Å². The lowest BCUT2D eigenvalue weighted by Gasteiger charge is -2.41. The fourth-order valence-electron chi connectivity index (χ4n) is 4.81. The third-order valence-corrected chi connectivity index (χ3v) is 7.35. The number of rotatable bonds is 14. The van der Waals surface area contributed by atoms with Gasteiger partial charge in [-0.1, -0.05) is 48.5 Å². The summed E-state index contributed by atoms with van der Waals surface area (Å²) in [7, 11) is 2.91. The molecule has 0 amide bonds. The monoisotopic (exact) mass is 593 g/mol. The Balaban J connectivity index is 2.12. The second kappa shape index (κ2) is 16.8. The molecular weight excluding hydrogens is 546 g/mol. The Morgan fingerprint density at radius 1 is 1.05 bits per heavy atom. The zero-order valence-electron chi connectivity index (χ0n) is 25.5. The molecule has 42 heavy (non-hydrogen) atoms. The Kier molecular flexibility index (Phi) is 14.1. The fraction of sp³-hybridized carbons (Fsp3) is 0.581. The van der Waals surface area contributed by atoms with Gasteiger partial charge in [0.25, 0.3) is 0 Å². The Labute approximate surface area is 247 Å². The van der Waals surface area contributed by atoms with Crippen LogP contribution in [0, 0.1) is 12.8 Å². The van der Waals surface area contributed by atoms with Crippen LogP contribution in [-0.2, 0) is 15.9 Å². The van der Waals surface area contributed by atoms with Crippen LogP contribution in [0.4, 0.5) is 0 Å². The minimum Gasteiger partial charge on any atom is -0.488 e. The number of hydrogen-bond acceptors (Lipinski definition) is 10. The largest absolute Gasteiger partial charge is 0.488 e. The van der Waals surface area contributed by atoms with Crippen LogP contribution in [0.2, 0.25) is 0 Å². The van der Waals surface area contributed by atoms with Crippen LogP contribution in [-0.4, -0.2) is 94.8 Å². The average Bonchev–Trinajstić information content (AvgIpc) is 2.96. The van der Waals surface area contributed by atoms with E-state index in [0.29, 0.717) is 29.9 Å². The summed E-state index contributed by atoms with van der Waals surface area (Å²) in [5.74, 6) is 0.217. The van der Waals surface area contributed by atoms with Gasteiger partial charge in [0.2, 0.25) is 17.1 Å². The molecule has 11 nitrogen and oxygen atoms in total. The van der Waals surface area contributed by atoms with E-state index in [1.165, 1.54) is 14.2 Å². The maximum absolute atomic E-state index is 12.6. The lowest BCUT2D eigenvalue weighted by Crippen LogP contribution is -2.60. The molecule has 1 aliphatic heterocycles. The van der Waals surface area contributed by atoms with E-state index in [4.69, 9.17) is 18.9 Å². The van der Waals surface area contributed by atoms with E-state index in [2.05, 4.69) is 4.98 Å². The van der Waals surface area contributed by atoms with Gasteiger partial charge in [0, 0.05) is 23.6 Å². The van der Waals surface area contributed by atoms with Crippen LogP contribution in [0.1, 0.15) is 45.4 Å². The van der Waals surface area contributed by atoms with E-state index < -0.39 is 43.4 Å². The minimum atomic E-state index is -1.55. The topological polar surface area (TPSA) is 171 Å². The number of ether oxygens (including phenoxy) is 4. The smallest absolute Gasteiger partial charge is 0.238 e. The summed E-state index contributed by atoms with van der Waals surface area (Å²) in [5, 5.41) is 49.6. The van der Waals surface area contributed by atoms with Crippen molar-refractivity contribution < 1.29 is 44.5 Å². The highest BCUT2D eigenvalue weighted by Gasteiger charge is 2.45. The molecule has 2 rings (SSSR count). The highest BCUT2D eigenvalue weighted by Crippen LogP contribution is 2.28. The van der Waals surface area contributed by atoms with Gasteiger partial charge in [0.1, 0.15) is 24.4 Å². The molecule has 1 aromatic rings. The number of nitrogens with one attached hydrogen (secondary N) is 1. The van der Waals surface area contributed by atoms with Crippen LogP contribution in [0.25, 0.3) is 0 Å². The summed E-state index contributed by atoms with van der Waals surface area (Å²) in [5.41, 5.74) is 3.87. The molecule has 2 heterocycles. The predicted molar refractivity (Wildman–Crippen MR) is 159 cm³/mol. The van der Waals surface area contributed by atoms with Gasteiger partial charge in [-0.25, -0.2) is 0 Å². The Morgan fingerprint density at radius 2 is 1.74 bits per heavy atom. The number of pyridine rings is 1. The third kappa shape index (κ3) is 9.11. The molecule has 236 valence electrons.